The van der Waals surface area contributed by atoms with Crippen molar-refractivity contribution in [1.29, 1.82) is 0 Å². The SMILES string of the molecule is CCNC(CC)c1ccccc1OCc1ccc(Br)cn1. The lowest BCUT2D eigenvalue weighted by molar-refractivity contribution is 0.294. The normalized spacial score (nSPS) is 12.1. The third-order valence-corrected chi connectivity index (χ3v) is 3.79. The van der Waals surface area contributed by atoms with Crippen molar-refractivity contribution in [2.24, 2.45) is 0 Å². The lowest BCUT2D eigenvalue weighted by atomic mass is 10.0. The molecule has 1 heterocycles. The van der Waals surface area contributed by atoms with E-state index in [-0.39, 0.29) is 0 Å². The molecular formula is C17H21BrN2O. The Morgan fingerprint density at radius 1 is 1.19 bits per heavy atom. The molecule has 3 nitrogen and oxygen atoms in total. The highest BCUT2D eigenvalue weighted by molar-refractivity contribution is 9.10. The smallest absolute Gasteiger partial charge is 0.130 e. The number of halogens is 1. The summed E-state index contributed by atoms with van der Waals surface area (Å²) in [7, 11) is 0. The molecule has 0 spiro atoms. The Morgan fingerprint density at radius 2 is 2.00 bits per heavy atom. The van der Waals surface area contributed by atoms with E-state index in [1.165, 1.54) is 5.56 Å². The molecule has 0 radical (unpaired) electrons. The first kappa shape index (κ1) is 16.0. The highest BCUT2D eigenvalue weighted by Gasteiger charge is 2.13. The largest absolute Gasteiger partial charge is 0.487 e. The maximum Gasteiger partial charge on any atom is 0.130 e. The second-order valence-corrected chi connectivity index (χ2v) is 5.73. The van der Waals surface area contributed by atoms with Crippen molar-refractivity contribution in [3.8, 4) is 5.75 Å². The second-order valence-electron chi connectivity index (χ2n) is 4.81. The fraction of sp³-hybridized carbons (Fsp3) is 0.353. The van der Waals surface area contributed by atoms with Gasteiger partial charge < -0.3 is 10.1 Å². The zero-order valence-electron chi connectivity index (χ0n) is 12.5. The topological polar surface area (TPSA) is 34.1 Å². The minimum absolute atomic E-state index is 0.323. The van der Waals surface area contributed by atoms with Crippen LogP contribution in [0.4, 0.5) is 0 Å². The highest BCUT2D eigenvalue weighted by Crippen LogP contribution is 2.27. The summed E-state index contributed by atoms with van der Waals surface area (Å²) >= 11 is 3.39. The predicted octanol–water partition coefficient (Wildman–Crippen LogP) is 4.48. The van der Waals surface area contributed by atoms with Crippen LogP contribution in [0.1, 0.15) is 37.6 Å². The van der Waals surface area contributed by atoms with Gasteiger partial charge in [0.15, 0.2) is 0 Å². The summed E-state index contributed by atoms with van der Waals surface area (Å²) in [6.45, 7) is 5.73. The van der Waals surface area contributed by atoms with E-state index >= 15 is 0 Å². The van der Waals surface area contributed by atoms with E-state index < -0.39 is 0 Å². The van der Waals surface area contributed by atoms with E-state index in [1.54, 1.807) is 6.20 Å². The van der Waals surface area contributed by atoms with Crippen molar-refractivity contribution in [2.75, 3.05) is 6.54 Å². The number of pyridine rings is 1. The van der Waals surface area contributed by atoms with Gasteiger partial charge in [-0.1, -0.05) is 32.0 Å². The fourth-order valence-electron chi connectivity index (χ4n) is 2.26. The highest BCUT2D eigenvalue weighted by atomic mass is 79.9. The maximum absolute atomic E-state index is 5.97. The molecule has 1 N–H and O–H groups in total. The Balaban J connectivity index is 2.10. The predicted molar refractivity (Wildman–Crippen MR) is 89.4 cm³/mol. The van der Waals surface area contributed by atoms with E-state index in [2.05, 4.69) is 52.2 Å². The molecule has 1 atom stereocenters. The lowest BCUT2D eigenvalue weighted by Crippen LogP contribution is -2.20. The van der Waals surface area contributed by atoms with Crippen molar-refractivity contribution in [3.05, 3.63) is 58.3 Å². The van der Waals surface area contributed by atoms with Crippen LogP contribution in [0.25, 0.3) is 0 Å². The van der Waals surface area contributed by atoms with Gasteiger partial charge in [-0.05, 0) is 47.1 Å². The molecule has 21 heavy (non-hydrogen) atoms. The fourth-order valence-corrected chi connectivity index (χ4v) is 2.50. The minimum atomic E-state index is 0.323. The molecule has 112 valence electrons. The monoisotopic (exact) mass is 348 g/mol. The molecule has 0 fully saturated rings. The van der Waals surface area contributed by atoms with Gasteiger partial charge in [-0.2, -0.15) is 0 Å². The van der Waals surface area contributed by atoms with Crippen molar-refractivity contribution in [3.63, 3.8) is 0 Å². The average molecular weight is 349 g/mol. The van der Waals surface area contributed by atoms with E-state index in [9.17, 15) is 0 Å². The van der Waals surface area contributed by atoms with E-state index in [0.717, 1.165) is 28.9 Å². The Hall–Kier alpha value is -1.39. The number of nitrogens with zero attached hydrogens (tertiary/aromatic N) is 1. The number of hydrogen-bond acceptors (Lipinski definition) is 3. The van der Waals surface area contributed by atoms with E-state index in [1.807, 2.05) is 24.3 Å². The Labute approximate surface area is 134 Å². The molecule has 2 rings (SSSR count). The summed E-state index contributed by atoms with van der Waals surface area (Å²) in [5, 5.41) is 3.49. The molecule has 0 bridgehead atoms. The number of rotatable bonds is 7. The summed E-state index contributed by atoms with van der Waals surface area (Å²) in [5.41, 5.74) is 2.13. The number of benzene rings is 1. The maximum atomic E-state index is 5.97. The number of ether oxygens (including phenoxy) is 1. The molecule has 0 aliphatic carbocycles. The van der Waals surface area contributed by atoms with Crippen LogP contribution >= 0.6 is 15.9 Å². The Kier molecular flexibility index (Phi) is 6.21. The van der Waals surface area contributed by atoms with Crippen LogP contribution in [0.2, 0.25) is 0 Å². The van der Waals surface area contributed by atoms with Gasteiger partial charge in [0.05, 0.1) is 5.69 Å². The first-order chi connectivity index (χ1) is 10.2. The summed E-state index contributed by atoms with van der Waals surface area (Å²) in [5.74, 6) is 0.926. The first-order valence-electron chi connectivity index (χ1n) is 7.30. The molecule has 1 aromatic carbocycles. The average Bonchev–Trinajstić information content (AvgIpc) is 2.52. The van der Waals surface area contributed by atoms with Crippen LogP contribution in [-0.2, 0) is 6.61 Å². The molecule has 2 aromatic rings. The van der Waals surface area contributed by atoms with Crippen LogP contribution in [0.5, 0.6) is 5.75 Å². The summed E-state index contributed by atoms with van der Waals surface area (Å²) in [6, 6.07) is 12.5. The second kappa shape index (κ2) is 8.15. The molecule has 0 aliphatic heterocycles. The molecular weight excluding hydrogens is 328 g/mol. The van der Waals surface area contributed by atoms with Crippen molar-refractivity contribution >= 4 is 15.9 Å². The molecule has 0 amide bonds. The number of aromatic nitrogens is 1. The van der Waals surface area contributed by atoms with Gasteiger partial charge in [0.25, 0.3) is 0 Å². The van der Waals surface area contributed by atoms with Gasteiger partial charge in [-0.25, -0.2) is 0 Å². The zero-order valence-corrected chi connectivity index (χ0v) is 14.1. The van der Waals surface area contributed by atoms with Gasteiger partial charge in [0.1, 0.15) is 12.4 Å². The molecule has 0 aliphatic rings. The number of hydrogen-bond donors (Lipinski definition) is 1. The molecule has 1 aromatic heterocycles. The number of nitrogens with one attached hydrogen (secondary N) is 1. The molecule has 0 saturated heterocycles. The van der Waals surface area contributed by atoms with Gasteiger partial charge >= 0.3 is 0 Å². The van der Waals surface area contributed by atoms with Crippen molar-refractivity contribution in [2.45, 2.75) is 32.9 Å². The van der Waals surface area contributed by atoms with Crippen LogP contribution in [0.15, 0.2) is 47.1 Å². The van der Waals surface area contributed by atoms with Crippen molar-refractivity contribution in [1.82, 2.24) is 10.3 Å². The van der Waals surface area contributed by atoms with Crippen LogP contribution < -0.4 is 10.1 Å². The molecule has 1 unspecified atom stereocenters. The number of para-hydroxylation sites is 1. The van der Waals surface area contributed by atoms with E-state index in [0.29, 0.717) is 12.6 Å². The van der Waals surface area contributed by atoms with E-state index in [4.69, 9.17) is 4.74 Å². The van der Waals surface area contributed by atoms with Crippen LogP contribution in [0, 0.1) is 0 Å². The van der Waals surface area contributed by atoms with Gasteiger partial charge in [-0.3, -0.25) is 4.98 Å². The quantitative estimate of drug-likeness (QED) is 0.800. The van der Waals surface area contributed by atoms with Crippen molar-refractivity contribution < 1.29 is 4.74 Å². The lowest BCUT2D eigenvalue weighted by Gasteiger charge is -2.20. The zero-order chi connectivity index (χ0) is 15.1. The first-order valence-corrected chi connectivity index (χ1v) is 8.09. The van der Waals surface area contributed by atoms with Crippen LogP contribution in [-0.4, -0.2) is 11.5 Å². The van der Waals surface area contributed by atoms with Gasteiger partial charge in [0, 0.05) is 22.3 Å². The third-order valence-electron chi connectivity index (χ3n) is 3.32. The van der Waals surface area contributed by atoms with Gasteiger partial charge in [-0.15, -0.1) is 0 Å². The standard InChI is InChI=1S/C17H21BrN2O/c1-3-16(19-4-2)15-7-5-6-8-17(15)21-12-14-10-9-13(18)11-20-14/h5-11,16,19H,3-4,12H2,1-2H3. The van der Waals surface area contributed by atoms with Crippen LogP contribution in [0.3, 0.4) is 0 Å². The Bertz CT molecular complexity index is 557. The molecule has 4 heteroatoms. The third kappa shape index (κ3) is 4.55. The minimum Gasteiger partial charge on any atom is -0.487 e. The summed E-state index contributed by atoms with van der Waals surface area (Å²) in [4.78, 5) is 4.34. The summed E-state index contributed by atoms with van der Waals surface area (Å²) in [6.07, 6.45) is 2.82. The molecule has 0 saturated carbocycles. The summed E-state index contributed by atoms with van der Waals surface area (Å²) < 4.78 is 6.95. The van der Waals surface area contributed by atoms with Gasteiger partial charge in [0.2, 0.25) is 0 Å². The Morgan fingerprint density at radius 3 is 2.67 bits per heavy atom.